The van der Waals surface area contributed by atoms with Gasteiger partial charge < -0.3 is 21.9 Å². The Morgan fingerprint density at radius 1 is 1.54 bits per heavy atom. The van der Waals surface area contributed by atoms with Crippen molar-refractivity contribution in [2.45, 2.75) is 6.04 Å². The fourth-order valence-corrected chi connectivity index (χ4v) is 0.988. The molecule has 0 saturated carbocycles. The van der Waals surface area contributed by atoms with Gasteiger partial charge in [0.05, 0.1) is 18.3 Å². The number of aromatic nitrogens is 1. The lowest BCUT2D eigenvalue weighted by Gasteiger charge is -2.11. The maximum atomic E-state index is 5.76. The van der Waals surface area contributed by atoms with Crippen LogP contribution in [0.15, 0.2) is 12.3 Å². The number of nitrogens with zero attached hydrogens (tertiary/aromatic N) is 1. The van der Waals surface area contributed by atoms with E-state index < -0.39 is 0 Å². The molecule has 1 unspecified atom stereocenters. The van der Waals surface area contributed by atoms with Crippen molar-refractivity contribution in [2.24, 2.45) is 5.73 Å². The topological polar surface area (TPSA) is 100 Å². The predicted octanol–water partition coefficient (Wildman–Crippen LogP) is -0.108. The van der Waals surface area contributed by atoms with Gasteiger partial charge in [-0.1, -0.05) is 0 Å². The van der Waals surface area contributed by atoms with Crippen molar-refractivity contribution in [1.29, 1.82) is 0 Å². The molecular weight excluding hydrogens is 168 g/mol. The Labute approximate surface area is 76.9 Å². The minimum atomic E-state index is -0.208. The van der Waals surface area contributed by atoms with Crippen molar-refractivity contribution in [3.05, 3.63) is 17.8 Å². The fraction of sp³-hybridized carbons (Fsp3) is 0.375. The highest BCUT2D eigenvalue weighted by atomic mass is 16.5. The van der Waals surface area contributed by atoms with Crippen molar-refractivity contribution in [3.63, 3.8) is 0 Å². The SMILES string of the molecule is COCC(N)c1cnc(N)c(N)c1. The predicted molar refractivity (Wildman–Crippen MR) is 51.9 cm³/mol. The van der Waals surface area contributed by atoms with E-state index in [1.54, 1.807) is 19.4 Å². The van der Waals surface area contributed by atoms with Crippen molar-refractivity contribution < 1.29 is 4.74 Å². The van der Waals surface area contributed by atoms with E-state index in [9.17, 15) is 0 Å². The third kappa shape index (κ3) is 2.30. The van der Waals surface area contributed by atoms with Crippen molar-refractivity contribution >= 4 is 11.5 Å². The highest BCUT2D eigenvalue weighted by molar-refractivity contribution is 5.58. The Morgan fingerprint density at radius 3 is 2.77 bits per heavy atom. The van der Waals surface area contributed by atoms with Gasteiger partial charge in [0.2, 0.25) is 0 Å². The van der Waals surface area contributed by atoms with Gasteiger partial charge in [-0.25, -0.2) is 4.98 Å². The second-order valence-corrected chi connectivity index (χ2v) is 2.80. The van der Waals surface area contributed by atoms with Crippen LogP contribution in [-0.4, -0.2) is 18.7 Å². The minimum Gasteiger partial charge on any atom is -0.396 e. The van der Waals surface area contributed by atoms with Gasteiger partial charge in [-0.2, -0.15) is 0 Å². The van der Waals surface area contributed by atoms with E-state index >= 15 is 0 Å². The third-order valence-corrected chi connectivity index (χ3v) is 1.75. The first-order valence-electron chi connectivity index (χ1n) is 3.90. The molecule has 0 aromatic carbocycles. The summed E-state index contributed by atoms with van der Waals surface area (Å²) in [6.07, 6.45) is 1.61. The van der Waals surface area contributed by atoms with Gasteiger partial charge in [0.1, 0.15) is 5.82 Å². The summed E-state index contributed by atoms with van der Waals surface area (Å²) in [6, 6.07) is 1.51. The van der Waals surface area contributed by atoms with E-state index in [0.29, 0.717) is 18.1 Å². The molecule has 5 nitrogen and oxygen atoms in total. The smallest absolute Gasteiger partial charge is 0.146 e. The molecule has 0 spiro atoms. The Kier molecular flexibility index (Phi) is 3.05. The van der Waals surface area contributed by atoms with Gasteiger partial charge in [-0.05, 0) is 11.6 Å². The van der Waals surface area contributed by atoms with Crippen LogP contribution in [0.4, 0.5) is 11.5 Å². The lowest BCUT2D eigenvalue weighted by molar-refractivity contribution is 0.181. The number of nitrogens with two attached hydrogens (primary N) is 3. The molecule has 1 heterocycles. The lowest BCUT2D eigenvalue weighted by atomic mass is 10.1. The summed E-state index contributed by atoms with van der Waals surface area (Å²) in [5.41, 5.74) is 18.1. The molecule has 0 aliphatic rings. The zero-order chi connectivity index (χ0) is 9.84. The van der Waals surface area contributed by atoms with Crippen LogP contribution < -0.4 is 17.2 Å². The molecule has 0 bridgehead atoms. The van der Waals surface area contributed by atoms with Crippen LogP contribution in [0.1, 0.15) is 11.6 Å². The molecule has 0 fully saturated rings. The summed E-state index contributed by atoms with van der Waals surface area (Å²) in [7, 11) is 1.59. The summed E-state index contributed by atoms with van der Waals surface area (Å²) < 4.78 is 4.90. The van der Waals surface area contributed by atoms with Gasteiger partial charge in [-0.3, -0.25) is 0 Å². The molecule has 0 aliphatic heterocycles. The van der Waals surface area contributed by atoms with Crippen molar-refractivity contribution in [2.75, 3.05) is 25.2 Å². The Morgan fingerprint density at radius 2 is 2.23 bits per heavy atom. The average molecular weight is 182 g/mol. The molecule has 5 heteroatoms. The molecular formula is C8H14N4O. The highest BCUT2D eigenvalue weighted by Crippen LogP contribution is 2.16. The normalized spacial score (nSPS) is 12.8. The molecule has 72 valence electrons. The largest absolute Gasteiger partial charge is 0.396 e. The minimum absolute atomic E-state index is 0.208. The summed E-state index contributed by atoms with van der Waals surface area (Å²) in [6.45, 7) is 0.436. The van der Waals surface area contributed by atoms with Crippen molar-refractivity contribution in [1.82, 2.24) is 4.98 Å². The van der Waals surface area contributed by atoms with E-state index in [0.717, 1.165) is 5.56 Å². The number of methoxy groups -OCH3 is 1. The maximum Gasteiger partial charge on any atom is 0.146 e. The molecule has 1 aromatic rings. The quantitative estimate of drug-likeness (QED) is 0.605. The number of hydrogen-bond acceptors (Lipinski definition) is 5. The summed E-state index contributed by atoms with van der Waals surface area (Å²) >= 11 is 0. The summed E-state index contributed by atoms with van der Waals surface area (Å²) in [5, 5.41) is 0. The highest BCUT2D eigenvalue weighted by Gasteiger charge is 2.07. The molecule has 0 amide bonds. The zero-order valence-electron chi connectivity index (χ0n) is 7.53. The number of hydrogen-bond donors (Lipinski definition) is 3. The molecule has 0 radical (unpaired) electrons. The van der Waals surface area contributed by atoms with E-state index in [1.165, 1.54) is 0 Å². The van der Waals surface area contributed by atoms with Gasteiger partial charge in [-0.15, -0.1) is 0 Å². The standard InChI is InChI=1S/C8H14N4O/c1-13-4-7(10)5-2-6(9)8(11)12-3-5/h2-3,7H,4,9-10H2,1H3,(H2,11,12). The van der Waals surface area contributed by atoms with E-state index in [2.05, 4.69) is 4.98 Å². The van der Waals surface area contributed by atoms with Crippen LogP contribution in [-0.2, 0) is 4.74 Å². The van der Waals surface area contributed by atoms with Gasteiger partial charge >= 0.3 is 0 Å². The molecule has 13 heavy (non-hydrogen) atoms. The van der Waals surface area contributed by atoms with Gasteiger partial charge in [0.25, 0.3) is 0 Å². The van der Waals surface area contributed by atoms with Crippen LogP contribution in [0.25, 0.3) is 0 Å². The van der Waals surface area contributed by atoms with E-state index in [-0.39, 0.29) is 6.04 Å². The van der Waals surface area contributed by atoms with Crippen LogP contribution in [0, 0.1) is 0 Å². The van der Waals surface area contributed by atoms with Crippen LogP contribution in [0.5, 0.6) is 0 Å². The Bertz CT molecular complexity index is 289. The first-order valence-corrected chi connectivity index (χ1v) is 3.90. The fourth-order valence-electron chi connectivity index (χ4n) is 0.988. The number of nitrogen functional groups attached to an aromatic ring is 2. The zero-order valence-corrected chi connectivity index (χ0v) is 7.53. The van der Waals surface area contributed by atoms with Crippen molar-refractivity contribution in [3.8, 4) is 0 Å². The molecule has 0 aliphatic carbocycles. The second kappa shape index (κ2) is 4.06. The van der Waals surface area contributed by atoms with Crippen LogP contribution in [0.2, 0.25) is 0 Å². The number of rotatable bonds is 3. The molecule has 1 rings (SSSR count). The summed E-state index contributed by atoms with van der Waals surface area (Å²) in [5.74, 6) is 0.327. The summed E-state index contributed by atoms with van der Waals surface area (Å²) in [4.78, 5) is 3.90. The monoisotopic (exact) mass is 182 g/mol. The van der Waals surface area contributed by atoms with Gasteiger partial charge in [0, 0.05) is 13.3 Å². The van der Waals surface area contributed by atoms with Gasteiger partial charge in [0.15, 0.2) is 0 Å². The first kappa shape index (κ1) is 9.76. The number of pyridine rings is 1. The Hall–Kier alpha value is -1.33. The lowest BCUT2D eigenvalue weighted by Crippen LogP contribution is -2.16. The van der Waals surface area contributed by atoms with E-state index in [1.807, 2.05) is 0 Å². The first-order chi connectivity index (χ1) is 6.15. The van der Waals surface area contributed by atoms with E-state index in [4.69, 9.17) is 21.9 Å². The molecule has 1 atom stereocenters. The molecule has 6 N–H and O–H groups in total. The van der Waals surface area contributed by atoms with Crippen LogP contribution in [0.3, 0.4) is 0 Å². The van der Waals surface area contributed by atoms with Crippen LogP contribution >= 0.6 is 0 Å². The second-order valence-electron chi connectivity index (χ2n) is 2.80. The number of anilines is 2. The molecule has 0 saturated heterocycles. The molecule has 1 aromatic heterocycles. The maximum absolute atomic E-state index is 5.76. The third-order valence-electron chi connectivity index (χ3n) is 1.75. The average Bonchev–Trinajstić information content (AvgIpc) is 2.10. The Balaban J connectivity index is 2.84. The number of ether oxygens (including phenoxy) is 1.